The average molecular weight is 247 g/mol. The first-order chi connectivity index (χ1) is 8.15. The summed E-state index contributed by atoms with van der Waals surface area (Å²) in [5, 5.41) is 4.77. The largest absolute Gasteiger partial charge is 0.289 e. The van der Waals surface area contributed by atoms with Crippen molar-refractivity contribution in [3.05, 3.63) is 58.9 Å². The molecule has 2 aromatic rings. The van der Waals surface area contributed by atoms with E-state index in [9.17, 15) is 4.79 Å². The lowest BCUT2D eigenvalue weighted by Crippen LogP contribution is -1.93. The Morgan fingerprint density at radius 1 is 1.29 bits per heavy atom. The molecule has 0 spiro atoms. The normalized spacial score (nSPS) is 10.9. The van der Waals surface area contributed by atoms with Crippen LogP contribution in [0.2, 0.25) is 5.02 Å². The van der Waals surface area contributed by atoms with Crippen LogP contribution < -0.4 is 0 Å². The summed E-state index contributed by atoms with van der Waals surface area (Å²) < 4.78 is 1.69. The number of hydrogen-bond acceptors (Lipinski definition) is 2. The van der Waals surface area contributed by atoms with Crippen LogP contribution in [-0.2, 0) is 7.05 Å². The third kappa shape index (κ3) is 3.04. The minimum absolute atomic E-state index is 0.0627. The lowest BCUT2D eigenvalue weighted by Gasteiger charge is -1.95. The first-order valence-corrected chi connectivity index (χ1v) is 5.50. The maximum atomic E-state index is 11.8. The Balaban J connectivity index is 2.11. The summed E-state index contributed by atoms with van der Waals surface area (Å²) >= 11 is 5.75. The summed E-state index contributed by atoms with van der Waals surface area (Å²) in [6.07, 6.45) is 5.02. The second-order valence-corrected chi connectivity index (χ2v) is 4.06. The molecule has 2 rings (SSSR count). The molecule has 0 bridgehead atoms. The van der Waals surface area contributed by atoms with Crippen LogP contribution >= 0.6 is 11.6 Å². The van der Waals surface area contributed by atoms with Crippen LogP contribution in [0, 0.1) is 0 Å². The zero-order valence-corrected chi connectivity index (χ0v) is 10.1. The van der Waals surface area contributed by atoms with Gasteiger partial charge in [-0.3, -0.25) is 9.48 Å². The van der Waals surface area contributed by atoms with Gasteiger partial charge in [0.1, 0.15) is 0 Å². The first kappa shape index (κ1) is 11.6. The molecular weight excluding hydrogens is 236 g/mol. The van der Waals surface area contributed by atoms with E-state index in [2.05, 4.69) is 5.10 Å². The Morgan fingerprint density at radius 2 is 2.00 bits per heavy atom. The number of halogens is 1. The number of aromatic nitrogens is 2. The average Bonchev–Trinajstić information content (AvgIpc) is 2.73. The van der Waals surface area contributed by atoms with Crippen LogP contribution in [0.3, 0.4) is 0 Å². The van der Waals surface area contributed by atoms with E-state index >= 15 is 0 Å². The van der Waals surface area contributed by atoms with Crippen LogP contribution in [0.4, 0.5) is 0 Å². The molecule has 0 saturated heterocycles. The second-order valence-electron chi connectivity index (χ2n) is 3.62. The molecule has 0 amide bonds. The van der Waals surface area contributed by atoms with Gasteiger partial charge in [-0.15, -0.1) is 0 Å². The molecular formula is C13H11ClN2O. The third-order valence-corrected chi connectivity index (χ3v) is 2.52. The van der Waals surface area contributed by atoms with Gasteiger partial charge in [-0.05, 0) is 42.5 Å². The molecule has 0 N–H and O–H groups in total. The number of hydrogen-bond donors (Lipinski definition) is 0. The van der Waals surface area contributed by atoms with E-state index < -0.39 is 0 Å². The van der Waals surface area contributed by atoms with Crippen LogP contribution in [0.1, 0.15) is 16.1 Å². The van der Waals surface area contributed by atoms with Gasteiger partial charge in [0.25, 0.3) is 0 Å². The lowest BCUT2D eigenvalue weighted by atomic mass is 10.1. The summed E-state index contributed by atoms with van der Waals surface area (Å²) in [7, 11) is 1.83. The fraction of sp³-hybridized carbons (Fsp3) is 0.0769. The third-order valence-electron chi connectivity index (χ3n) is 2.27. The van der Waals surface area contributed by atoms with Gasteiger partial charge < -0.3 is 0 Å². The Bertz CT molecular complexity index is 555. The van der Waals surface area contributed by atoms with E-state index in [0.717, 1.165) is 5.69 Å². The van der Waals surface area contributed by atoms with Gasteiger partial charge in [0, 0.05) is 23.8 Å². The highest BCUT2D eigenvalue weighted by atomic mass is 35.5. The molecule has 3 nitrogen and oxygen atoms in total. The lowest BCUT2D eigenvalue weighted by molar-refractivity contribution is 0.104. The van der Waals surface area contributed by atoms with Crippen molar-refractivity contribution in [2.45, 2.75) is 0 Å². The molecule has 0 aliphatic rings. The molecule has 0 aliphatic heterocycles. The maximum Gasteiger partial charge on any atom is 0.185 e. The van der Waals surface area contributed by atoms with Crippen molar-refractivity contribution >= 4 is 23.5 Å². The van der Waals surface area contributed by atoms with Crippen molar-refractivity contribution in [1.29, 1.82) is 0 Å². The fourth-order valence-corrected chi connectivity index (χ4v) is 1.52. The molecule has 0 atom stereocenters. The van der Waals surface area contributed by atoms with Crippen molar-refractivity contribution in [3.63, 3.8) is 0 Å². The number of nitrogens with zero attached hydrogens (tertiary/aromatic N) is 2. The number of rotatable bonds is 3. The molecule has 0 unspecified atom stereocenters. The number of carbonyl (C=O) groups excluding carboxylic acids is 1. The second kappa shape index (κ2) is 4.97. The molecule has 1 aromatic carbocycles. The van der Waals surface area contributed by atoms with Crippen LogP contribution in [0.15, 0.2) is 42.6 Å². The van der Waals surface area contributed by atoms with Gasteiger partial charge in [-0.25, -0.2) is 0 Å². The molecule has 0 saturated carbocycles. The standard InChI is InChI=1S/C13H11ClN2O/c1-16-9-8-12(15-16)6-7-13(17)10-2-4-11(14)5-3-10/h2-9H,1H3/b7-6+. The number of benzene rings is 1. The number of aryl methyl sites for hydroxylation is 1. The molecule has 17 heavy (non-hydrogen) atoms. The number of ketones is 1. The summed E-state index contributed by atoms with van der Waals surface area (Å²) in [4.78, 5) is 11.8. The molecule has 1 heterocycles. The molecule has 4 heteroatoms. The van der Waals surface area contributed by atoms with Crippen LogP contribution in [0.25, 0.3) is 6.08 Å². The van der Waals surface area contributed by atoms with E-state index in [0.29, 0.717) is 10.6 Å². The predicted octanol–water partition coefficient (Wildman–Crippen LogP) is 2.97. The van der Waals surface area contributed by atoms with Gasteiger partial charge in [0.15, 0.2) is 5.78 Å². The maximum absolute atomic E-state index is 11.8. The van der Waals surface area contributed by atoms with E-state index in [4.69, 9.17) is 11.6 Å². The van der Waals surface area contributed by atoms with Gasteiger partial charge in [0.2, 0.25) is 0 Å². The fourth-order valence-electron chi connectivity index (χ4n) is 1.39. The highest BCUT2D eigenvalue weighted by Crippen LogP contribution is 2.10. The Kier molecular flexibility index (Phi) is 3.40. The monoisotopic (exact) mass is 246 g/mol. The van der Waals surface area contributed by atoms with Crippen LogP contribution in [0.5, 0.6) is 0 Å². The zero-order chi connectivity index (χ0) is 12.3. The molecule has 0 fully saturated rings. The summed E-state index contributed by atoms with van der Waals surface area (Å²) in [6.45, 7) is 0. The summed E-state index contributed by atoms with van der Waals surface area (Å²) in [6, 6.07) is 8.64. The topological polar surface area (TPSA) is 34.9 Å². The summed E-state index contributed by atoms with van der Waals surface area (Å²) in [5.41, 5.74) is 1.37. The zero-order valence-electron chi connectivity index (χ0n) is 9.30. The van der Waals surface area contributed by atoms with Crippen LogP contribution in [-0.4, -0.2) is 15.6 Å². The van der Waals surface area contributed by atoms with Gasteiger partial charge in [-0.1, -0.05) is 11.6 Å². The number of carbonyl (C=O) groups is 1. The van der Waals surface area contributed by atoms with Crippen molar-refractivity contribution in [1.82, 2.24) is 9.78 Å². The van der Waals surface area contributed by atoms with Gasteiger partial charge in [0.05, 0.1) is 5.69 Å². The minimum atomic E-state index is -0.0627. The number of allylic oxidation sites excluding steroid dienone is 1. The Hall–Kier alpha value is -1.87. The van der Waals surface area contributed by atoms with Gasteiger partial charge in [-0.2, -0.15) is 5.10 Å². The van der Waals surface area contributed by atoms with Crippen molar-refractivity contribution in [3.8, 4) is 0 Å². The highest BCUT2D eigenvalue weighted by Gasteiger charge is 2.01. The van der Waals surface area contributed by atoms with Gasteiger partial charge >= 0.3 is 0 Å². The SMILES string of the molecule is Cn1ccc(/C=C/C(=O)c2ccc(Cl)cc2)n1. The van der Waals surface area contributed by atoms with E-state index in [-0.39, 0.29) is 5.78 Å². The molecule has 86 valence electrons. The van der Waals surface area contributed by atoms with Crippen molar-refractivity contribution < 1.29 is 4.79 Å². The van der Waals surface area contributed by atoms with E-state index in [1.54, 1.807) is 35.0 Å². The minimum Gasteiger partial charge on any atom is -0.289 e. The molecule has 0 aliphatic carbocycles. The highest BCUT2D eigenvalue weighted by molar-refractivity contribution is 6.30. The predicted molar refractivity (Wildman–Crippen MR) is 68.0 cm³/mol. The Labute approximate surface area is 104 Å². The first-order valence-electron chi connectivity index (χ1n) is 5.13. The quantitative estimate of drug-likeness (QED) is 0.617. The van der Waals surface area contributed by atoms with Crippen molar-refractivity contribution in [2.75, 3.05) is 0 Å². The molecule has 1 aromatic heterocycles. The van der Waals surface area contributed by atoms with Crippen molar-refractivity contribution in [2.24, 2.45) is 7.05 Å². The van der Waals surface area contributed by atoms with E-state index in [1.165, 1.54) is 6.08 Å². The Morgan fingerprint density at radius 3 is 2.59 bits per heavy atom. The summed E-state index contributed by atoms with van der Waals surface area (Å²) in [5.74, 6) is -0.0627. The molecule has 0 radical (unpaired) electrons. The smallest absolute Gasteiger partial charge is 0.185 e. The van der Waals surface area contributed by atoms with E-state index in [1.807, 2.05) is 19.3 Å².